The number of pyridine rings is 4. The first-order valence-electron chi connectivity index (χ1n) is 21.6. The number of carboxylic acids is 2. The van der Waals surface area contributed by atoms with Crippen molar-refractivity contribution in [2.24, 2.45) is 0 Å². The third-order valence-corrected chi connectivity index (χ3v) is 10.6. The van der Waals surface area contributed by atoms with E-state index in [0.717, 1.165) is 22.8 Å². The quantitative estimate of drug-likeness (QED) is 0.0819. The van der Waals surface area contributed by atoms with Crippen molar-refractivity contribution in [1.29, 1.82) is 0 Å². The molecule has 1 aliphatic heterocycles. The summed E-state index contributed by atoms with van der Waals surface area (Å²) in [6, 6.07) is 23.2. The van der Waals surface area contributed by atoms with Crippen LogP contribution in [-0.4, -0.2) is 188 Å². The number of carbonyl (C=O) groups excluding carboxylic acids is 2. The number of aromatic nitrogens is 4. The molecule has 0 radical (unpaired) electrons. The molecule has 4 aromatic heterocycles. The number of carboxylic acid groups (broad SMARTS) is 2. The van der Waals surface area contributed by atoms with E-state index in [0.29, 0.717) is 111 Å². The number of carbonyl (C=O) groups is 4. The topological polar surface area (TPSA) is 204 Å². The van der Waals surface area contributed by atoms with Crippen LogP contribution in [0.5, 0.6) is 0 Å². The van der Waals surface area contributed by atoms with Crippen molar-refractivity contribution in [2.75, 3.05) is 105 Å². The molecule has 0 spiro atoms. The van der Waals surface area contributed by atoms with Crippen LogP contribution >= 0.6 is 0 Å². The van der Waals surface area contributed by atoms with Gasteiger partial charge in [-0.25, -0.2) is 0 Å². The first-order chi connectivity index (χ1) is 30.7. The van der Waals surface area contributed by atoms with Crippen molar-refractivity contribution in [2.45, 2.75) is 32.6 Å². The van der Waals surface area contributed by atoms with Gasteiger partial charge in [-0.2, -0.15) is 0 Å². The van der Waals surface area contributed by atoms with Gasteiger partial charge in [-0.05, 0) is 48.5 Å². The van der Waals surface area contributed by atoms with Crippen LogP contribution in [0.3, 0.4) is 0 Å². The van der Waals surface area contributed by atoms with Gasteiger partial charge in [0.05, 0.1) is 48.8 Å². The van der Waals surface area contributed by atoms with Crippen LogP contribution in [0, 0.1) is 39.9 Å². The molecule has 19 heteroatoms. The van der Waals surface area contributed by atoms with Gasteiger partial charge in [-0.15, -0.1) is 0 Å². The van der Waals surface area contributed by atoms with E-state index in [1.165, 1.54) is 0 Å². The standard InChI is InChI=1S/C45H62N12O6.Gd/c58-42(50-18-21-56(31-38-9-1-5-14-46-38)32-39-10-2-6-15-47-39)35-53-25-23-52(20-13-44(60)61)24-26-54(28-30-55(29-27-53)37-45(62)63)36-43(59)51-19-22-57(33-40-11-3-7-16-48-40)34-41-12-4-8-17-49-41;/h1-12,14-17H,13,18-37H2,(H,50,58)(H,51,59)(H,60,61)(H,62,63);. The van der Waals surface area contributed by atoms with Crippen LogP contribution < -0.4 is 10.6 Å². The Bertz CT molecular complexity index is 1740. The second-order valence-corrected chi connectivity index (χ2v) is 15.6. The van der Waals surface area contributed by atoms with E-state index >= 15 is 0 Å². The molecular weight excluding hydrogens is 962 g/mol. The monoisotopic (exact) mass is 1020 g/mol. The van der Waals surface area contributed by atoms with Gasteiger partial charge in [0.25, 0.3) is 0 Å². The molecule has 1 saturated heterocycles. The third-order valence-electron chi connectivity index (χ3n) is 10.6. The summed E-state index contributed by atoms with van der Waals surface area (Å²) in [6.45, 7) is 8.16. The maximum absolute atomic E-state index is 13.4. The Labute approximate surface area is 408 Å². The Morgan fingerprint density at radius 1 is 0.484 bits per heavy atom. The summed E-state index contributed by atoms with van der Waals surface area (Å²) in [5.74, 6) is -2.18. The van der Waals surface area contributed by atoms with E-state index in [1.54, 1.807) is 24.8 Å². The number of rotatable bonds is 23. The fraction of sp³-hybridized carbons (Fsp3) is 0.467. The summed E-state index contributed by atoms with van der Waals surface area (Å²) in [6.07, 6.45) is 7.00. The molecule has 0 bridgehead atoms. The molecular formula is C45H62GdN12O6. The Hall–Kier alpha value is -4.44. The van der Waals surface area contributed by atoms with Crippen molar-refractivity contribution in [3.8, 4) is 0 Å². The summed E-state index contributed by atoms with van der Waals surface area (Å²) >= 11 is 0. The number of hydrogen-bond donors (Lipinski definition) is 4. The maximum Gasteiger partial charge on any atom is 0.317 e. The molecule has 0 unspecified atom stereocenters. The Balaban J connectivity index is 0.00000898. The zero-order chi connectivity index (χ0) is 44.5. The van der Waals surface area contributed by atoms with Gasteiger partial charge in [0.15, 0.2) is 0 Å². The summed E-state index contributed by atoms with van der Waals surface area (Å²) in [4.78, 5) is 80.6. The predicted molar refractivity (Wildman–Crippen MR) is 237 cm³/mol. The van der Waals surface area contributed by atoms with E-state index in [4.69, 9.17) is 0 Å². The smallest absolute Gasteiger partial charge is 0.317 e. The maximum atomic E-state index is 13.4. The van der Waals surface area contributed by atoms with Crippen LogP contribution in [0.4, 0.5) is 0 Å². The second-order valence-electron chi connectivity index (χ2n) is 15.6. The summed E-state index contributed by atoms with van der Waals surface area (Å²) < 4.78 is 0. The SMILES string of the molecule is O=C(O)CCN1CCN(CC(=O)NCCN(Cc2ccccn2)Cc2ccccn2)CCN(CC(=O)O)CCN(CC(=O)NCCN(Cc2ccccn2)Cc2ccccn2)CC1.[Gd]. The van der Waals surface area contributed by atoms with Gasteiger partial charge in [-0.3, -0.25) is 63.6 Å². The van der Waals surface area contributed by atoms with Crippen LogP contribution in [0.15, 0.2) is 97.6 Å². The molecule has 0 atom stereocenters. The van der Waals surface area contributed by atoms with Crippen molar-refractivity contribution in [3.05, 3.63) is 120 Å². The molecule has 64 heavy (non-hydrogen) atoms. The minimum atomic E-state index is -0.961. The molecule has 0 aromatic carbocycles. The Morgan fingerprint density at radius 3 is 1.11 bits per heavy atom. The summed E-state index contributed by atoms with van der Waals surface area (Å²) in [7, 11) is 0. The number of aliphatic carboxylic acids is 2. The molecule has 1 aliphatic rings. The number of hydrogen-bond acceptors (Lipinski definition) is 14. The molecule has 0 saturated carbocycles. The molecule has 5 heterocycles. The first-order valence-corrected chi connectivity index (χ1v) is 21.6. The minimum Gasteiger partial charge on any atom is -0.481 e. The fourth-order valence-corrected chi connectivity index (χ4v) is 7.26. The van der Waals surface area contributed by atoms with Crippen LogP contribution in [-0.2, 0) is 45.4 Å². The van der Waals surface area contributed by atoms with Crippen molar-refractivity contribution >= 4 is 23.8 Å². The number of nitrogens with one attached hydrogen (secondary N) is 2. The van der Waals surface area contributed by atoms with E-state index < -0.39 is 11.9 Å². The zero-order valence-corrected chi connectivity index (χ0v) is 38.7. The van der Waals surface area contributed by atoms with Gasteiger partial charge in [0, 0.05) is 176 Å². The summed E-state index contributed by atoms with van der Waals surface area (Å²) in [5.41, 5.74) is 3.65. The van der Waals surface area contributed by atoms with Gasteiger partial charge >= 0.3 is 11.9 Å². The summed E-state index contributed by atoms with van der Waals surface area (Å²) in [5, 5.41) is 25.5. The van der Waals surface area contributed by atoms with Crippen LogP contribution in [0.1, 0.15) is 29.2 Å². The van der Waals surface area contributed by atoms with Crippen molar-refractivity contribution < 1.29 is 69.3 Å². The van der Waals surface area contributed by atoms with E-state index in [-0.39, 0.29) is 77.8 Å². The van der Waals surface area contributed by atoms with Crippen LogP contribution in [0.25, 0.3) is 0 Å². The Morgan fingerprint density at radius 2 is 0.812 bits per heavy atom. The van der Waals surface area contributed by atoms with E-state index in [1.807, 2.05) is 87.5 Å². The molecule has 4 aromatic rings. The molecule has 2 amide bonds. The fourth-order valence-electron chi connectivity index (χ4n) is 7.26. The van der Waals surface area contributed by atoms with Gasteiger partial charge in [0.1, 0.15) is 0 Å². The van der Waals surface area contributed by atoms with Crippen molar-refractivity contribution in [1.82, 2.24) is 60.0 Å². The molecule has 4 N–H and O–H groups in total. The molecule has 0 aliphatic carbocycles. The average molecular weight is 1020 g/mol. The van der Waals surface area contributed by atoms with Gasteiger partial charge in [0.2, 0.25) is 11.8 Å². The molecule has 1 fully saturated rings. The Kier molecular flexibility index (Phi) is 24.4. The van der Waals surface area contributed by atoms with Crippen molar-refractivity contribution in [3.63, 3.8) is 0 Å². The molecule has 5 rings (SSSR count). The third kappa shape index (κ3) is 21.5. The van der Waals surface area contributed by atoms with Gasteiger partial charge < -0.3 is 25.7 Å². The zero-order valence-electron chi connectivity index (χ0n) is 36.4. The molecule has 18 nitrogen and oxygen atoms in total. The normalized spacial score (nSPS) is 14.8. The predicted octanol–water partition coefficient (Wildman–Crippen LogP) is 0.985. The minimum absolute atomic E-state index is 0. The first kappa shape index (κ1) is 52.2. The van der Waals surface area contributed by atoms with Crippen LogP contribution in [0.2, 0.25) is 0 Å². The largest absolute Gasteiger partial charge is 0.481 e. The van der Waals surface area contributed by atoms with Gasteiger partial charge in [-0.1, -0.05) is 24.3 Å². The van der Waals surface area contributed by atoms with E-state index in [2.05, 4.69) is 45.3 Å². The van der Waals surface area contributed by atoms with E-state index in [9.17, 15) is 29.4 Å². The molecule has 346 valence electrons. The average Bonchev–Trinajstić information content (AvgIpc) is 3.27. The second kappa shape index (κ2) is 29.9. The number of nitrogens with zero attached hydrogens (tertiary/aromatic N) is 10. The number of amides is 2.